The summed E-state index contributed by atoms with van der Waals surface area (Å²) in [7, 11) is 0.157. The van der Waals surface area contributed by atoms with E-state index in [0.29, 0.717) is 13.0 Å². The molecule has 0 fully saturated rings. The van der Waals surface area contributed by atoms with Crippen LogP contribution in [-0.4, -0.2) is 32.8 Å². The highest BCUT2D eigenvalue weighted by molar-refractivity contribution is 7.85. The summed E-state index contributed by atoms with van der Waals surface area (Å²) in [6, 6.07) is 12.3. The van der Waals surface area contributed by atoms with Gasteiger partial charge >= 0.3 is 0 Å². The number of allylic oxidation sites excluding steroid dienone is 2. The van der Waals surface area contributed by atoms with E-state index in [2.05, 4.69) is 29.2 Å². The molecule has 0 saturated carbocycles. The van der Waals surface area contributed by atoms with Crippen LogP contribution in [0.3, 0.4) is 0 Å². The highest BCUT2D eigenvalue weighted by Crippen LogP contribution is 2.13. The first-order valence-electron chi connectivity index (χ1n) is 8.40. The number of aromatic nitrogens is 1. The summed E-state index contributed by atoms with van der Waals surface area (Å²) >= 11 is 0. The van der Waals surface area contributed by atoms with Gasteiger partial charge in [0.25, 0.3) is 10.1 Å². The Morgan fingerprint density at radius 2 is 1.50 bits per heavy atom. The number of anilines is 1. The molecule has 0 amide bonds. The smallest absolute Gasteiger partial charge is 0.265 e. The monoisotopic (exact) mass is 373 g/mol. The van der Waals surface area contributed by atoms with Gasteiger partial charge in [-0.2, -0.15) is 8.42 Å². The molecular weight excluding hydrogens is 348 g/mol. The highest BCUT2D eigenvalue weighted by Gasteiger charge is 2.06. The molecule has 1 N–H and O–H groups in total. The Kier molecular flexibility index (Phi) is 7.12. The van der Waals surface area contributed by atoms with Crippen molar-refractivity contribution < 1.29 is 17.5 Å². The maximum Gasteiger partial charge on any atom is 0.265 e. The van der Waals surface area contributed by atoms with Gasteiger partial charge in [-0.3, -0.25) is 4.55 Å². The molecule has 5 nitrogen and oxygen atoms in total. The van der Waals surface area contributed by atoms with Gasteiger partial charge in [0.05, 0.1) is 5.75 Å². The van der Waals surface area contributed by atoms with Gasteiger partial charge in [0.1, 0.15) is 6.54 Å². The van der Waals surface area contributed by atoms with Crippen LogP contribution >= 0.6 is 0 Å². The number of pyridine rings is 1. The summed E-state index contributed by atoms with van der Waals surface area (Å²) in [6.45, 7) is 0.548. The third-order valence-corrected chi connectivity index (χ3v) is 4.64. The van der Waals surface area contributed by atoms with Crippen molar-refractivity contribution >= 4 is 28.0 Å². The molecule has 0 aliphatic heterocycles. The van der Waals surface area contributed by atoms with Crippen molar-refractivity contribution in [3.63, 3.8) is 0 Å². The summed E-state index contributed by atoms with van der Waals surface area (Å²) in [5.41, 5.74) is 3.38. The quantitative estimate of drug-likeness (QED) is 0.439. The maximum atomic E-state index is 10.7. The van der Waals surface area contributed by atoms with E-state index in [1.165, 1.54) is 5.69 Å². The van der Waals surface area contributed by atoms with Gasteiger partial charge in [-0.25, -0.2) is 4.57 Å². The Labute approximate surface area is 155 Å². The van der Waals surface area contributed by atoms with E-state index in [1.807, 2.05) is 67.5 Å². The Hall–Kier alpha value is -2.44. The minimum atomic E-state index is -3.88. The first-order chi connectivity index (χ1) is 12.3. The molecule has 0 bridgehead atoms. The topological polar surface area (TPSA) is 61.5 Å². The molecule has 1 heterocycles. The van der Waals surface area contributed by atoms with E-state index >= 15 is 0 Å². The fraction of sp³-hybridized carbons (Fsp3) is 0.250. The minimum absolute atomic E-state index is 0.220. The lowest BCUT2D eigenvalue weighted by Gasteiger charge is -2.11. The average Bonchev–Trinajstić information content (AvgIpc) is 2.59. The third-order valence-electron chi connectivity index (χ3n) is 3.83. The van der Waals surface area contributed by atoms with Crippen LogP contribution in [0, 0.1) is 0 Å². The summed E-state index contributed by atoms with van der Waals surface area (Å²) in [5, 5.41) is 0. The van der Waals surface area contributed by atoms with Crippen LogP contribution < -0.4 is 9.47 Å². The lowest BCUT2D eigenvalue weighted by molar-refractivity contribution is -0.696. The molecule has 2 rings (SSSR count). The SMILES string of the molecule is CN(C)c1ccc(/C=C/C=C/c2cc[n+](CCCS(=O)(=O)O)cc2)cc1. The molecule has 0 radical (unpaired) electrons. The van der Waals surface area contributed by atoms with Crippen molar-refractivity contribution in [3.8, 4) is 0 Å². The van der Waals surface area contributed by atoms with Gasteiger partial charge < -0.3 is 4.90 Å². The Morgan fingerprint density at radius 1 is 0.962 bits per heavy atom. The Morgan fingerprint density at radius 3 is 2.00 bits per heavy atom. The van der Waals surface area contributed by atoms with E-state index in [0.717, 1.165) is 11.1 Å². The zero-order valence-corrected chi connectivity index (χ0v) is 15.9. The van der Waals surface area contributed by atoms with Crippen molar-refractivity contribution in [2.45, 2.75) is 13.0 Å². The molecule has 0 atom stereocenters. The third kappa shape index (κ3) is 7.21. The molecule has 1 aromatic heterocycles. The van der Waals surface area contributed by atoms with Crippen molar-refractivity contribution in [2.75, 3.05) is 24.7 Å². The molecule has 6 heteroatoms. The molecule has 2 aromatic rings. The lowest BCUT2D eigenvalue weighted by Crippen LogP contribution is -2.33. The summed E-state index contributed by atoms with van der Waals surface area (Å²) < 4.78 is 32.0. The van der Waals surface area contributed by atoms with Gasteiger partial charge in [-0.15, -0.1) is 0 Å². The summed E-state index contributed by atoms with van der Waals surface area (Å²) in [4.78, 5) is 2.07. The predicted octanol–water partition coefficient (Wildman–Crippen LogP) is 3.04. The van der Waals surface area contributed by atoms with Crippen LogP contribution in [0.2, 0.25) is 0 Å². The molecule has 0 spiro atoms. The molecule has 0 saturated heterocycles. The molecule has 0 aliphatic rings. The summed E-state index contributed by atoms with van der Waals surface area (Å²) in [5.74, 6) is -0.220. The average molecular weight is 373 g/mol. The van der Waals surface area contributed by atoms with Crippen molar-refractivity contribution in [1.29, 1.82) is 0 Å². The van der Waals surface area contributed by atoms with Gasteiger partial charge in [0.2, 0.25) is 0 Å². The standard InChI is InChI=1S/C20H24N2O3S/c1-21(2)20-10-8-18(9-11-20)6-3-4-7-19-12-15-22(16-13-19)14-5-17-26(23,24)25/h3-4,6-13,15-16H,5,14,17H2,1-2H3/p+1. The fourth-order valence-corrected chi connectivity index (χ4v) is 2.87. The number of aryl methyl sites for hydroxylation is 1. The maximum absolute atomic E-state index is 10.7. The highest BCUT2D eigenvalue weighted by atomic mass is 32.2. The first-order valence-corrected chi connectivity index (χ1v) is 10.0. The van der Waals surface area contributed by atoms with Crippen LogP contribution in [0.25, 0.3) is 12.2 Å². The summed E-state index contributed by atoms with van der Waals surface area (Å²) in [6.07, 6.45) is 12.2. The lowest BCUT2D eigenvalue weighted by atomic mass is 10.2. The van der Waals surface area contributed by atoms with E-state index < -0.39 is 10.1 Å². The van der Waals surface area contributed by atoms with E-state index in [-0.39, 0.29) is 5.75 Å². The molecule has 0 aliphatic carbocycles. The van der Waals surface area contributed by atoms with Crippen LogP contribution in [0.1, 0.15) is 17.5 Å². The second kappa shape index (κ2) is 9.31. The van der Waals surface area contributed by atoms with Crippen LogP contribution in [0.15, 0.2) is 60.9 Å². The Bertz CT molecular complexity index is 853. The van der Waals surface area contributed by atoms with Gasteiger partial charge in [0.15, 0.2) is 12.4 Å². The van der Waals surface area contributed by atoms with Gasteiger partial charge in [-0.05, 0) is 23.3 Å². The van der Waals surface area contributed by atoms with Gasteiger partial charge in [-0.1, -0.05) is 36.4 Å². The molecule has 138 valence electrons. The number of nitrogens with zero attached hydrogens (tertiary/aromatic N) is 2. The molecule has 0 unspecified atom stereocenters. The van der Waals surface area contributed by atoms with Crippen molar-refractivity contribution in [2.24, 2.45) is 0 Å². The minimum Gasteiger partial charge on any atom is -0.378 e. The molecule has 26 heavy (non-hydrogen) atoms. The predicted molar refractivity (Wildman–Crippen MR) is 107 cm³/mol. The molecule has 1 aromatic carbocycles. The number of rotatable bonds is 8. The van der Waals surface area contributed by atoms with E-state index in [4.69, 9.17) is 4.55 Å². The number of hydrogen-bond donors (Lipinski definition) is 1. The van der Waals surface area contributed by atoms with Crippen LogP contribution in [-0.2, 0) is 16.7 Å². The zero-order valence-electron chi connectivity index (χ0n) is 15.1. The van der Waals surface area contributed by atoms with Crippen molar-refractivity contribution in [3.05, 3.63) is 72.1 Å². The normalized spacial score (nSPS) is 12.1. The number of benzene rings is 1. The largest absolute Gasteiger partial charge is 0.378 e. The zero-order chi connectivity index (χ0) is 19.0. The Balaban J connectivity index is 1.86. The first kappa shape index (κ1) is 19.9. The fourth-order valence-electron chi connectivity index (χ4n) is 2.38. The van der Waals surface area contributed by atoms with Gasteiger partial charge in [0, 0.05) is 38.3 Å². The number of hydrogen-bond acceptors (Lipinski definition) is 3. The van der Waals surface area contributed by atoms with E-state index in [1.54, 1.807) is 0 Å². The van der Waals surface area contributed by atoms with E-state index in [9.17, 15) is 8.42 Å². The second-order valence-electron chi connectivity index (χ2n) is 6.21. The van der Waals surface area contributed by atoms with Crippen molar-refractivity contribution in [1.82, 2.24) is 0 Å². The molecular formula is C20H25N2O3S+. The van der Waals surface area contributed by atoms with Crippen LogP contribution in [0.5, 0.6) is 0 Å². The second-order valence-corrected chi connectivity index (χ2v) is 7.79. The van der Waals surface area contributed by atoms with Crippen LogP contribution in [0.4, 0.5) is 5.69 Å².